The Morgan fingerprint density at radius 2 is 2.00 bits per heavy atom. The van der Waals surface area contributed by atoms with E-state index in [9.17, 15) is 23.1 Å². The molecule has 0 spiro atoms. The maximum Gasteiger partial charge on any atom is 0.426 e. The van der Waals surface area contributed by atoms with Crippen LogP contribution in [0.15, 0.2) is 29.1 Å². The molecule has 1 atom stereocenters. The Morgan fingerprint density at radius 1 is 1.32 bits per heavy atom. The zero-order chi connectivity index (χ0) is 18.2. The van der Waals surface area contributed by atoms with Gasteiger partial charge in [0.15, 0.2) is 5.82 Å². The first-order chi connectivity index (χ1) is 11.7. The van der Waals surface area contributed by atoms with E-state index in [-0.39, 0.29) is 19.0 Å². The lowest BCUT2D eigenvalue weighted by atomic mass is 9.92. The molecule has 0 radical (unpaired) electrons. The van der Waals surface area contributed by atoms with Gasteiger partial charge < -0.3 is 14.5 Å². The smallest absolute Gasteiger partial charge is 0.373 e. The fourth-order valence-electron chi connectivity index (χ4n) is 2.94. The summed E-state index contributed by atoms with van der Waals surface area (Å²) in [6, 6.07) is 3.46. The fraction of sp³-hybridized carbons (Fsp3) is 0.533. The summed E-state index contributed by atoms with van der Waals surface area (Å²) in [6.07, 6.45) is -1.06. The summed E-state index contributed by atoms with van der Waals surface area (Å²) in [4.78, 5) is 13.1. The molecule has 1 aliphatic rings. The van der Waals surface area contributed by atoms with Crippen LogP contribution in [0.25, 0.3) is 5.82 Å². The molecule has 1 fully saturated rings. The number of alkyl halides is 3. The van der Waals surface area contributed by atoms with Gasteiger partial charge in [-0.1, -0.05) is 5.16 Å². The van der Waals surface area contributed by atoms with Gasteiger partial charge in [0.2, 0.25) is 5.60 Å². The van der Waals surface area contributed by atoms with Crippen molar-refractivity contribution in [3.63, 3.8) is 0 Å². The topological polar surface area (TPSA) is 84.4 Å². The number of carbonyl (C=O) groups excluding carboxylic acids is 1. The summed E-state index contributed by atoms with van der Waals surface area (Å²) in [5.41, 5.74) is -2.52. The third-order valence-corrected chi connectivity index (χ3v) is 4.48. The number of hydrogen-bond donors (Lipinski definition) is 1. The van der Waals surface area contributed by atoms with E-state index in [2.05, 4.69) is 10.3 Å². The van der Waals surface area contributed by atoms with Crippen molar-refractivity contribution in [1.82, 2.24) is 19.8 Å². The monoisotopic (exact) mass is 358 g/mol. The quantitative estimate of drug-likeness (QED) is 0.906. The fourth-order valence-corrected chi connectivity index (χ4v) is 2.94. The summed E-state index contributed by atoms with van der Waals surface area (Å²) in [5, 5.41) is 17.5. The Kier molecular flexibility index (Phi) is 4.31. The van der Waals surface area contributed by atoms with E-state index < -0.39 is 17.7 Å². The summed E-state index contributed by atoms with van der Waals surface area (Å²) in [6.45, 7) is 0.737. The van der Waals surface area contributed by atoms with Crippen LogP contribution in [0, 0.1) is 0 Å². The van der Waals surface area contributed by atoms with Crippen LogP contribution in [0.4, 0.5) is 13.2 Å². The molecule has 7 nitrogen and oxygen atoms in total. The van der Waals surface area contributed by atoms with Gasteiger partial charge in [-0.25, -0.2) is 4.68 Å². The maximum atomic E-state index is 12.8. The third kappa shape index (κ3) is 3.13. The predicted octanol–water partition coefficient (Wildman–Crippen LogP) is 1.88. The largest absolute Gasteiger partial charge is 0.426 e. The van der Waals surface area contributed by atoms with E-state index in [1.165, 1.54) is 6.26 Å². The summed E-state index contributed by atoms with van der Waals surface area (Å²) >= 11 is 0. The zero-order valence-corrected chi connectivity index (χ0v) is 13.4. The molecule has 1 aliphatic heterocycles. The highest BCUT2D eigenvalue weighted by Gasteiger charge is 2.57. The van der Waals surface area contributed by atoms with Gasteiger partial charge in [0, 0.05) is 37.0 Å². The normalized spacial score (nSPS) is 19.0. The number of hydrogen-bond acceptors (Lipinski definition) is 5. The molecular weight excluding hydrogens is 341 g/mol. The highest BCUT2D eigenvalue weighted by atomic mass is 19.4. The summed E-state index contributed by atoms with van der Waals surface area (Å²) in [5.74, 6) is -0.791. The molecule has 2 aromatic rings. The van der Waals surface area contributed by atoms with Crippen molar-refractivity contribution in [1.29, 1.82) is 0 Å². The van der Waals surface area contributed by atoms with Crippen molar-refractivity contribution in [2.24, 2.45) is 0 Å². The second-order valence-corrected chi connectivity index (χ2v) is 6.16. The number of likely N-dealkylation sites (tertiary alicyclic amines) is 1. The Balaban J connectivity index is 1.69. The molecule has 3 heterocycles. The van der Waals surface area contributed by atoms with Gasteiger partial charge in [-0.2, -0.15) is 18.3 Å². The molecule has 3 rings (SSSR count). The zero-order valence-electron chi connectivity index (χ0n) is 13.4. The number of rotatable bonds is 3. The molecule has 1 unspecified atom stereocenters. The molecule has 1 N–H and O–H groups in total. The Bertz CT molecular complexity index is 732. The van der Waals surface area contributed by atoms with Crippen LogP contribution in [0.1, 0.15) is 31.4 Å². The van der Waals surface area contributed by atoms with Crippen molar-refractivity contribution < 1.29 is 27.6 Å². The molecule has 136 valence electrons. The van der Waals surface area contributed by atoms with Gasteiger partial charge in [0.1, 0.15) is 6.26 Å². The van der Waals surface area contributed by atoms with Gasteiger partial charge in [-0.3, -0.25) is 4.79 Å². The van der Waals surface area contributed by atoms with E-state index in [4.69, 9.17) is 4.52 Å². The number of aromatic nitrogens is 3. The molecule has 1 saturated heterocycles. The third-order valence-electron chi connectivity index (χ3n) is 4.48. The lowest BCUT2D eigenvalue weighted by Crippen LogP contribution is -2.57. The number of nitrogens with zero attached hydrogens (tertiary/aromatic N) is 4. The lowest BCUT2D eigenvalue weighted by molar-refractivity contribution is -0.250. The van der Waals surface area contributed by atoms with Crippen molar-refractivity contribution in [3.05, 3.63) is 30.3 Å². The van der Waals surface area contributed by atoms with Gasteiger partial charge >= 0.3 is 6.18 Å². The average molecular weight is 358 g/mol. The Morgan fingerprint density at radius 3 is 2.56 bits per heavy atom. The minimum atomic E-state index is -5.01. The van der Waals surface area contributed by atoms with Crippen LogP contribution in [-0.4, -0.2) is 55.7 Å². The standard InChI is InChI=1S/C15H17F3N4O3/c1-14(24,15(16,17)18)13(23)21-7-3-10(4-8-21)11-2-6-19-22(11)12-5-9-25-20-12/h2,5-6,9-10,24H,3-4,7-8H2,1H3. The van der Waals surface area contributed by atoms with E-state index in [0.29, 0.717) is 25.6 Å². The Labute approximate surface area is 141 Å². The van der Waals surface area contributed by atoms with Gasteiger partial charge in [0.05, 0.1) is 0 Å². The van der Waals surface area contributed by atoms with Crippen molar-refractivity contribution in [2.45, 2.75) is 37.5 Å². The lowest BCUT2D eigenvalue weighted by Gasteiger charge is -2.36. The van der Waals surface area contributed by atoms with Crippen molar-refractivity contribution in [2.75, 3.05) is 13.1 Å². The van der Waals surface area contributed by atoms with Crippen LogP contribution in [0.3, 0.4) is 0 Å². The first-order valence-corrected chi connectivity index (χ1v) is 7.75. The van der Waals surface area contributed by atoms with E-state index in [1.807, 2.05) is 6.07 Å². The van der Waals surface area contributed by atoms with E-state index in [0.717, 1.165) is 10.6 Å². The molecule has 0 saturated carbocycles. The second kappa shape index (κ2) is 6.17. The molecule has 2 aromatic heterocycles. The highest BCUT2D eigenvalue weighted by Crippen LogP contribution is 2.34. The number of carbonyl (C=O) groups is 1. The SMILES string of the molecule is CC(O)(C(=O)N1CCC(c2ccnn2-c2ccon2)CC1)C(F)(F)F. The Hall–Kier alpha value is -2.36. The number of halogens is 3. The predicted molar refractivity (Wildman–Crippen MR) is 78.9 cm³/mol. The maximum absolute atomic E-state index is 12.8. The minimum absolute atomic E-state index is 0.0130. The average Bonchev–Trinajstić information content (AvgIpc) is 3.24. The molecular formula is C15H17F3N4O3. The summed E-state index contributed by atoms with van der Waals surface area (Å²) in [7, 11) is 0. The van der Waals surface area contributed by atoms with E-state index in [1.54, 1.807) is 16.9 Å². The van der Waals surface area contributed by atoms with Crippen LogP contribution < -0.4 is 0 Å². The van der Waals surface area contributed by atoms with Gasteiger partial charge in [-0.15, -0.1) is 0 Å². The summed E-state index contributed by atoms with van der Waals surface area (Å²) < 4.78 is 44.9. The van der Waals surface area contributed by atoms with Crippen molar-refractivity contribution >= 4 is 5.91 Å². The molecule has 0 aromatic carbocycles. The molecule has 25 heavy (non-hydrogen) atoms. The van der Waals surface area contributed by atoms with Crippen LogP contribution >= 0.6 is 0 Å². The van der Waals surface area contributed by atoms with Crippen LogP contribution in [0.2, 0.25) is 0 Å². The minimum Gasteiger partial charge on any atom is -0.373 e. The van der Waals surface area contributed by atoms with Gasteiger partial charge in [-0.05, 0) is 25.8 Å². The highest BCUT2D eigenvalue weighted by molar-refractivity contribution is 5.85. The van der Waals surface area contributed by atoms with Gasteiger partial charge in [0.25, 0.3) is 5.91 Å². The number of piperidine rings is 1. The van der Waals surface area contributed by atoms with Crippen LogP contribution in [0.5, 0.6) is 0 Å². The first kappa shape index (κ1) is 17.5. The second-order valence-electron chi connectivity index (χ2n) is 6.16. The molecule has 0 bridgehead atoms. The van der Waals surface area contributed by atoms with Crippen molar-refractivity contribution in [3.8, 4) is 5.82 Å². The number of aliphatic hydroxyl groups is 1. The number of amides is 1. The first-order valence-electron chi connectivity index (χ1n) is 7.75. The molecule has 10 heteroatoms. The molecule has 0 aliphatic carbocycles. The van der Waals surface area contributed by atoms with E-state index >= 15 is 0 Å². The van der Waals surface area contributed by atoms with Crippen LogP contribution in [-0.2, 0) is 4.79 Å². The molecule has 1 amide bonds.